The molecule has 0 unspecified atom stereocenters. The fraction of sp³-hybridized carbons (Fsp3) is 0.722. The Morgan fingerprint density at radius 2 is 1.02 bits per heavy atom. The van der Waals surface area contributed by atoms with Gasteiger partial charge in [0.25, 0.3) is 0 Å². The first-order chi connectivity index (χ1) is 22.3. The van der Waals surface area contributed by atoms with E-state index in [0.717, 1.165) is 81.6 Å². The van der Waals surface area contributed by atoms with Crippen molar-refractivity contribution in [1.29, 1.82) is 0 Å². The standard InChI is InChI=1S/C36H60N6O4/c1-40(2)24-28-13-15-30(16-14-28)26-42(34(46)8-4-6-20-44)36-32(23-39)18-17-31(22-38)35(36)41(33(45)7-3-5-19-43)25-29-11-9-27(21-37)10-12-29/h17-20,27-30H,3-16,21-26,37-39H2,1-2H3. The van der Waals surface area contributed by atoms with Crippen molar-refractivity contribution in [2.75, 3.05) is 50.1 Å². The summed E-state index contributed by atoms with van der Waals surface area (Å²) in [4.78, 5) is 56.6. The molecule has 0 radical (unpaired) electrons. The Bertz CT molecular complexity index is 1110. The topological polar surface area (TPSA) is 156 Å². The van der Waals surface area contributed by atoms with Crippen molar-refractivity contribution in [3.8, 4) is 0 Å². The van der Waals surface area contributed by atoms with Gasteiger partial charge in [0.2, 0.25) is 11.8 Å². The Labute approximate surface area is 276 Å². The highest BCUT2D eigenvalue weighted by Crippen LogP contribution is 2.41. The van der Waals surface area contributed by atoms with Gasteiger partial charge in [0, 0.05) is 58.4 Å². The van der Waals surface area contributed by atoms with Crippen LogP contribution in [0.4, 0.5) is 11.4 Å². The zero-order chi connectivity index (χ0) is 33.5. The van der Waals surface area contributed by atoms with Crippen LogP contribution in [0.25, 0.3) is 0 Å². The van der Waals surface area contributed by atoms with Gasteiger partial charge >= 0.3 is 0 Å². The molecule has 10 nitrogen and oxygen atoms in total. The third-order valence-corrected chi connectivity index (χ3v) is 10.1. The number of aldehydes is 2. The highest BCUT2D eigenvalue weighted by atomic mass is 16.2. The van der Waals surface area contributed by atoms with E-state index in [1.807, 2.05) is 21.9 Å². The van der Waals surface area contributed by atoms with Gasteiger partial charge in [-0.3, -0.25) is 9.59 Å². The number of benzene rings is 1. The zero-order valence-corrected chi connectivity index (χ0v) is 28.5. The van der Waals surface area contributed by atoms with Gasteiger partial charge < -0.3 is 41.5 Å². The molecule has 2 aliphatic carbocycles. The molecule has 6 N–H and O–H groups in total. The van der Waals surface area contributed by atoms with Gasteiger partial charge in [0.05, 0.1) is 11.4 Å². The number of rotatable bonds is 19. The van der Waals surface area contributed by atoms with Crippen LogP contribution in [0, 0.1) is 23.7 Å². The molecular formula is C36H60N6O4. The summed E-state index contributed by atoms with van der Waals surface area (Å²) in [5.74, 6) is 1.64. The lowest BCUT2D eigenvalue weighted by Gasteiger charge is -2.39. The van der Waals surface area contributed by atoms with E-state index in [9.17, 15) is 19.2 Å². The fourth-order valence-corrected chi connectivity index (χ4v) is 7.45. The van der Waals surface area contributed by atoms with Gasteiger partial charge in [0.15, 0.2) is 0 Å². The lowest BCUT2D eigenvalue weighted by molar-refractivity contribution is -0.120. The predicted molar refractivity (Wildman–Crippen MR) is 185 cm³/mol. The number of nitrogens with two attached hydrogens (primary N) is 3. The van der Waals surface area contributed by atoms with E-state index in [4.69, 9.17) is 17.2 Å². The number of carbonyl (C=O) groups is 4. The summed E-state index contributed by atoms with van der Waals surface area (Å²) in [5, 5.41) is 0. The Balaban J connectivity index is 2.08. The number of hydrogen-bond acceptors (Lipinski definition) is 8. The molecule has 1 aromatic rings. The lowest BCUT2D eigenvalue weighted by atomic mass is 9.81. The van der Waals surface area contributed by atoms with E-state index < -0.39 is 0 Å². The number of carbonyl (C=O) groups excluding carboxylic acids is 4. The maximum Gasteiger partial charge on any atom is 0.227 e. The number of anilines is 2. The molecule has 0 heterocycles. The quantitative estimate of drug-likeness (QED) is 0.151. The summed E-state index contributed by atoms with van der Waals surface area (Å²) < 4.78 is 0. The largest absolute Gasteiger partial charge is 0.330 e. The summed E-state index contributed by atoms with van der Waals surface area (Å²) in [5.41, 5.74) is 21.7. The summed E-state index contributed by atoms with van der Waals surface area (Å²) in [6.07, 6.45) is 12.1. The number of unbranched alkanes of at least 4 members (excludes halogenated alkanes) is 2. The average Bonchev–Trinajstić information content (AvgIpc) is 3.06. The molecule has 3 rings (SSSR count). The fourth-order valence-electron chi connectivity index (χ4n) is 7.45. The minimum absolute atomic E-state index is 0.0563. The summed E-state index contributed by atoms with van der Waals surface area (Å²) in [6.45, 7) is 3.21. The van der Waals surface area contributed by atoms with Crippen LogP contribution in [-0.2, 0) is 32.3 Å². The van der Waals surface area contributed by atoms with E-state index >= 15 is 0 Å². The first kappa shape index (κ1) is 37.8. The van der Waals surface area contributed by atoms with Crippen molar-refractivity contribution >= 4 is 35.8 Å². The van der Waals surface area contributed by atoms with Crippen LogP contribution in [0.5, 0.6) is 0 Å². The van der Waals surface area contributed by atoms with Gasteiger partial charge in [-0.05, 0) is 120 Å². The van der Waals surface area contributed by atoms with Gasteiger partial charge in [-0.15, -0.1) is 0 Å². The Hall–Kier alpha value is -2.66. The highest BCUT2D eigenvalue weighted by Gasteiger charge is 2.33. The number of hydrogen-bond donors (Lipinski definition) is 3. The van der Waals surface area contributed by atoms with Crippen LogP contribution in [-0.4, -0.2) is 69.6 Å². The van der Waals surface area contributed by atoms with Crippen molar-refractivity contribution in [2.45, 2.75) is 103 Å². The van der Waals surface area contributed by atoms with E-state index in [1.165, 1.54) is 0 Å². The van der Waals surface area contributed by atoms with Crippen LogP contribution >= 0.6 is 0 Å². The second-order valence-electron chi connectivity index (χ2n) is 13.9. The minimum Gasteiger partial charge on any atom is -0.330 e. The van der Waals surface area contributed by atoms with E-state index in [2.05, 4.69) is 19.0 Å². The normalized spacial score (nSPS) is 21.6. The van der Waals surface area contributed by atoms with Crippen molar-refractivity contribution in [3.05, 3.63) is 23.3 Å². The molecule has 0 atom stereocenters. The number of nitrogens with zero attached hydrogens (tertiary/aromatic N) is 3. The van der Waals surface area contributed by atoms with Crippen molar-refractivity contribution in [1.82, 2.24) is 4.90 Å². The monoisotopic (exact) mass is 640 g/mol. The van der Waals surface area contributed by atoms with Crippen molar-refractivity contribution in [2.24, 2.45) is 40.9 Å². The van der Waals surface area contributed by atoms with E-state index in [1.54, 1.807) is 0 Å². The van der Waals surface area contributed by atoms with Crippen LogP contribution in [0.1, 0.15) is 101 Å². The Morgan fingerprint density at radius 1 is 0.652 bits per heavy atom. The Morgan fingerprint density at radius 3 is 1.35 bits per heavy atom. The van der Waals surface area contributed by atoms with Gasteiger partial charge in [-0.25, -0.2) is 0 Å². The third-order valence-electron chi connectivity index (χ3n) is 10.1. The van der Waals surface area contributed by atoms with Crippen LogP contribution in [0.3, 0.4) is 0 Å². The number of amides is 2. The minimum atomic E-state index is -0.0644. The molecule has 2 aliphatic rings. The zero-order valence-electron chi connectivity index (χ0n) is 28.5. The summed E-state index contributed by atoms with van der Waals surface area (Å²) in [6, 6.07) is 3.89. The Kier molecular flexibility index (Phi) is 16.3. The molecule has 2 amide bonds. The maximum absolute atomic E-state index is 14.2. The van der Waals surface area contributed by atoms with Gasteiger partial charge in [0.1, 0.15) is 12.6 Å². The first-order valence-corrected chi connectivity index (χ1v) is 17.6. The molecule has 2 saturated carbocycles. The second-order valence-corrected chi connectivity index (χ2v) is 13.9. The molecule has 0 aliphatic heterocycles. The molecule has 2 fully saturated rings. The van der Waals surface area contributed by atoms with Gasteiger partial charge in [-0.1, -0.05) is 12.1 Å². The van der Waals surface area contributed by atoms with Crippen molar-refractivity contribution < 1.29 is 19.2 Å². The van der Waals surface area contributed by atoms with Crippen LogP contribution in [0.2, 0.25) is 0 Å². The van der Waals surface area contributed by atoms with Gasteiger partial charge in [-0.2, -0.15) is 0 Å². The summed E-state index contributed by atoms with van der Waals surface area (Å²) >= 11 is 0. The molecule has 0 saturated heterocycles. The van der Waals surface area contributed by atoms with E-state index in [-0.39, 0.29) is 37.7 Å². The SMILES string of the molecule is CN(C)CC1CCC(CN(C(=O)CCCC=O)c2c(CN)ccc(CN)c2N(CC2CCC(CN)CC2)C(=O)CCCC=O)CC1. The summed E-state index contributed by atoms with van der Waals surface area (Å²) in [7, 11) is 4.23. The lowest BCUT2D eigenvalue weighted by Crippen LogP contribution is -2.42. The molecule has 46 heavy (non-hydrogen) atoms. The molecular weight excluding hydrogens is 580 g/mol. The van der Waals surface area contributed by atoms with E-state index in [0.29, 0.717) is 80.4 Å². The second kappa shape index (κ2) is 19.9. The molecule has 258 valence electrons. The highest BCUT2D eigenvalue weighted by molar-refractivity contribution is 6.04. The average molecular weight is 641 g/mol. The predicted octanol–water partition coefficient (Wildman–Crippen LogP) is 4.14. The third kappa shape index (κ3) is 11.0. The molecule has 1 aromatic carbocycles. The van der Waals surface area contributed by atoms with Crippen LogP contribution in [0.15, 0.2) is 12.1 Å². The smallest absolute Gasteiger partial charge is 0.227 e. The molecule has 0 aromatic heterocycles. The maximum atomic E-state index is 14.2. The molecule has 10 heteroatoms. The van der Waals surface area contributed by atoms with Crippen molar-refractivity contribution in [3.63, 3.8) is 0 Å². The molecule has 0 bridgehead atoms. The van der Waals surface area contributed by atoms with Crippen LogP contribution < -0.4 is 27.0 Å². The first-order valence-electron chi connectivity index (χ1n) is 17.6. The molecule has 0 spiro atoms.